The Bertz CT molecular complexity index is 374. The van der Waals surface area contributed by atoms with Crippen LogP contribution in [-0.2, 0) is 4.74 Å². The molecule has 2 N–H and O–H groups in total. The summed E-state index contributed by atoms with van der Waals surface area (Å²) in [7, 11) is 1.88. The van der Waals surface area contributed by atoms with Crippen molar-refractivity contribution in [2.45, 2.75) is 32.7 Å². The molecule has 0 amide bonds. The molecule has 2 aliphatic rings. The number of ether oxygens (including phenoxy) is 1. The van der Waals surface area contributed by atoms with Crippen LogP contribution in [-0.4, -0.2) is 87.4 Å². The molecule has 2 rings (SSSR count). The molecule has 0 spiro atoms. The highest BCUT2D eigenvalue weighted by molar-refractivity contribution is 5.80. The molecule has 2 heterocycles. The van der Waals surface area contributed by atoms with E-state index in [0.717, 1.165) is 64.4 Å². The maximum atomic E-state index is 5.43. The Balaban J connectivity index is 1.68. The topological polar surface area (TPSA) is 52.1 Å². The fourth-order valence-corrected chi connectivity index (χ4v) is 3.27. The predicted octanol–water partition coefficient (Wildman–Crippen LogP) is 0.604. The zero-order valence-corrected chi connectivity index (χ0v) is 15.4. The van der Waals surface area contributed by atoms with Crippen LogP contribution in [0.4, 0.5) is 0 Å². The number of rotatable bonds is 5. The molecule has 2 saturated heterocycles. The molecule has 134 valence electrons. The van der Waals surface area contributed by atoms with Crippen molar-refractivity contribution in [2.24, 2.45) is 10.9 Å². The van der Waals surface area contributed by atoms with Gasteiger partial charge in [0, 0.05) is 58.4 Å². The first-order valence-electron chi connectivity index (χ1n) is 8.98. The van der Waals surface area contributed by atoms with Gasteiger partial charge in [0.05, 0.1) is 13.2 Å². The second-order valence-corrected chi connectivity index (χ2v) is 7.66. The van der Waals surface area contributed by atoms with Crippen LogP contribution in [0.15, 0.2) is 4.99 Å². The summed E-state index contributed by atoms with van der Waals surface area (Å²) in [4.78, 5) is 9.40. The van der Waals surface area contributed by atoms with E-state index in [-0.39, 0.29) is 5.54 Å². The van der Waals surface area contributed by atoms with Crippen molar-refractivity contribution in [1.29, 1.82) is 0 Å². The van der Waals surface area contributed by atoms with Gasteiger partial charge in [-0.2, -0.15) is 0 Å². The molecule has 0 aliphatic carbocycles. The lowest BCUT2D eigenvalue weighted by atomic mass is 10.1. The van der Waals surface area contributed by atoms with E-state index >= 15 is 0 Å². The lowest BCUT2D eigenvalue weighted by Gasteiger charge is -2.29. The SMILES string of the molecule is CN=C(NCCNC(C)(C)C)N1CCC(CN2CCOCC2)C1. The van der Waals surface area contributed by atoms with E-state index in [1.165, 1.54) is 13.0 Å². The van der Waals surface area contributed by atoms with Gasteiger partial charge in [-0.3, -0.25) is 9.89 Å². The summed E-state index contributed by atoms with van der Waals surface area (Å²) in [6, 6.07) is 0. The highest BCUT2D eigenvalue weighted by atomic mass is 16.5. The molecule has 0 radical (unpaired) electrons. The van der Waals surface area contributed by atoms with Gasteiger partial charge in [0.2, 0.25) is 0 Å². The second kappa shape index (κ2) is 8.85. The molecule has 2 fully saturated rings. The van der Waals surface area contributed by atoms with Crippen LogP contribution < -0.4 is 10.6 Å². The number of hydrogen-bond acceptors (Lipinski definition) is 4. The average Bonchev–Trinajstić information content (AvgIpc) is 2.95. The minimum atomic E-state index is 0.169. The molecule has 1 unspecified atom stereocenters. The molecule has 6 nitrogen and oxygen atoms in total. The first-order chi connectivity index (χ1) is 11.0. The third kappa shape index (κ3) is 6.65. The third-order valence-electron chi connectivity index (χ3n) is 4.48. The molecule has 0 aromatic heterocycles. The van der Waals surface area contributed by atoms with Gasteiger partial charge in [0.1, 0.15) is 0 Å². The monoisotopic (exact) mass is 325 g/mol. The summed E-state index contributed by atoms with van der Waals surface area (Å²) < 4.78 is 5.43. The Hall–Kier alpha value is -0.850. The molecular weight excluding hydrogens is 290 g/mol. The average molecular weight is 326 g/mol. The van der Waals surface area contributed by atoms with Crippen molar-refractivity contribution in [2.75, 3.05) is 66.1 Å². The third-order valence-corrected chi connectivity index (χ3v) is 4.48. The number of likely N-dealkylation sites (tertiary alicyclic amines) is 1. The Labute approximate surface area is 141 Å². The lowest BCUT2D eigenvalue weighted by Crippen LogP contribution is -2.46. The molecule has 6 heteroatoms. The van der Waals surface area contributed by atoms with E-state index in [9.17, 15) is 0 Å². The molecule has 0 aromatic carbocycles. The van der Waals surface area contributed by atoms with Crippen LogP contribution in [0.3, 0.4) is 0 Å². The molecule has 0 aromatic rings. The Morgan fingerprint density at radius 1 is 1.17 bits per heavy atom. The number of aliphatic imine (C=N–C) groups is 1. The van der Waals surface area contributed by atoms with E-state index in [1.807, 2.05) is 7.05 Å². The molecule has 0 bridgehead atoms. The molecular formula is C17H35N5O. The van der Waals surface area contributed by atoms with E-state index in [0.29, 0.717) is 0 Å². The van der Waals surface area contributed by atoms with Crippen molar-refractivity contribution in [3.63, 3.8) is 0 Å². The van der Waals surface area contributed by atoms with Crippen LogP contribution in [0.5, 0.6) is 0 Å². The van der Waals surface area contributed by atoms with Crippen LogP contribution in [0.1, 0.15) is 27.2 Å². The first kappa shape index (κ1) is 18.5. The first-order valence-corrected chi connectivity index (χ1v) is 8.98. The quantitative estimate of drug-likeness (QED) is 0.441. The van der Waals surface area contributed by atoms with Crippen LogP contribution in [0.2, 0.25) is 0 Å². The second-order valence-electron chi connectivity index (χ2n) is 7.66. The highest BCUT2D eigenvalue weighted by Gasteiger charge is 2.26. The number of nitrogens with zero attached hydrogens (tertiary/aromatic N) is 3. The van der Waals surface area contributed by atoms with Gasteiger partial charge in [0.25, 0.3) is 0 Å². The number of morpholine rings is 1. The Morgan fingerprint density at radius 2 is 1.91 bits per heavy atom. The standard InChI is InChI=1S/C17H35N5O/c1-17(2,3)20-7-6-19-16(18-4)22-8-5-15(14-22)13-21-9-11-23-12-10-21/h15,20H,5-14H2,1-4H3,(H,18,19). The van der Waals surface area contributed by atoms with Crippen LogP contribution >= 0.6 is 0 Å². The van der Waals surface area contributed by atoms with Crippen LogP contribution in [0, 0.1) is 5.92 Å². The molecule has 2 aliphatic heterocycles. The lowest BCUT2D eigenvalue weighted by molar-refractivity contribution is 0.0315. The normalized spacial score (nSPS) is 24.3. The van der Waals surface area contributed by atoms with Gasteiger partial charge in [-0.15, -0.1) is 0 Å². The maximum Gasteiger partial charge on any atom is 0.193 e. The minimum absolute atomic E-state index is 0.169. The summed E-state index contributed by atoms with van der Waals surface area (Å²) in [5.74, 6) is 1.80. The summed E-state index contributed by atoms with van der Waals surface area (Å²) in [6.45, 7) is 15.8. The largest absolute Gasteiger partial charge is 0.379 e. The Kier molecular flexibility index (Phi) is 7.11. The van der Waals surface area contributed by atoms with E-state index in [4.69, 9.17) is 4.74 Å². The minimum Gasteiger partial charge on any atom is -0.379 e. The number of nitrogens with one attached hydrogen (secondary N) is 2. The summed E-state index contributed by atoms with van der Waals surface area (Å²) in [6.07, 6.45) is 1.26. The van der Waals surface area contributed by atoms with Crippen molar-refractivity contribution < 1.29 is 4.74 Å². The van der Waals surface area contributed by atoms with Gasteiger partial charge in [-0.1, -0.05) is 0 Å². The van der Waals surface area contributed by atoms with Crippen molar-refractivity contribution >= 4 is 5.96 Å². The van der Waals surface area contributed by atoms with Gasteiger partial charge in [0.15, 0.2) is 5.96 Å². The maximum absolute atomic E-state index is 5.43. The summed E-state index contributed by atoms with van der Waals surface area (Å²) in [5.41, 5.74) is 0.169. The van der Waals surface area contributed by atoms with Crippen molar-refractivity contribution in [3.8, 4) is 0 Å². The van der Waals surface area contributed by atoms with E-state index in [2.05, 4.69) is 46.2 Å². The van der Waals surface area contributed by atoms with Crippen molar-refractivity contribution in [1.82, 2.24) is 20.4 Å². The van der Waals surface area contributed by atoms with Gasteiger partial charge >= 0.3 is 0 Å². The fourth-order valence-electron chi connectivity index (χ4n) is 3.27. The smallest absolute Gasteiger partial charge is 0.193 e. The van der Waals surface area contributed by atoms with Gasteiger partial charge in [-0.05, 0) is 33.1 Å². The van der Waals surface area contributed by atoms with Crippen LogP contribution in [0.25, 0.3) is 0 Å². The number of hydrogen-bond donors (Lipinski definition) is 2. The van der Waals surface area contributed by atoms with E-state index < -0.39 is 0 Å². The zero-order chi connectivity index (χ0) is 16.7. The van der Waals surface area contributed by atoms with Gasteiger partial charge in [-0.25, -0.2) is 0 Å². The molecule has 0 saturated carbocycles. The van der Waals surface area contributed by atoms with Crippen molar-refractivity contribution in [3.05, 3.63) is 0 Å². The van der Waals surface area contributed by atoms with Gasteiger partial charge < -0.3 is 20.3 Å². The van der Waals surface area contributed by atoms with E-state index in [1.54, 1.807) is 0 Å². The summed E-state index contributed by atoms with van der Waals surface area (Å²) >= 11 is 0. The number of guanidine groups is 1. The molecule has 1 atom stereocenters. The molecule has 23 heavy (non-hydrogen) atoms. The highest BCUT2D eigenvalue weighted by Crippen LogP contribution is 2.18. The summed E-state index contributed by atoms with van der Waals surface area (Å²) in [5, 5.41) is 6.99. The Morgan fingerprint density at radius 3 is 2.57 bits per heavy atom. The fraction of sp³-hybridized carbons (Fsp3) is 0.941. The zero-order valence-electron chi connectivity index (χ0n) is 15.4. The predicted molar refractivity (Wildman–Crippen MR) is 96.1 cm³/mol.